The zero-order chi connectivity index (χ0) is 9.71. The number of fused-ring (bicyclic) bond motifs is 3. The van der Waals surface area contributed by atoms with Crippen LogP contribution in [0.1, 0.15) is 16.0 Å². The molecule has 15 heavy (non-hydrogen) atoms. The molecular weight excluding hydrogens is 319 g/mol. The lowest BCUT2D eigenvalue weighted by molar-refractivity contribution is 1.28. The monoisotopic (exact) mass is 330 g/mol. The van der Waals surface area contributed by atoms with Crippen LogP contribution in [0.15, 0.2) is 18.2 Å². The van der Waals surface area contributed by atoms with E-state index in [0.717, 1.165) is 12.1 Å². The van der Waals surface area contributed by atoms with Crippen molar-refractivity contribution in [3.05, 3.63) is 34.2 Å². The first-order valence-electron chi connectivity index (χ1n) is 4.59. The number of benzene rings is 1. The predicted molar refractivity (Wildman–Crippen MR) is 74.9 cm³/mol. The summed E-state index contributed by atoms with van der Waals surface area (Å²) in [7, 11) is 0. The molecule has 1 aliphatic rings. The van der Waals surface area contributed by atoms with Crippen LogP contribution in [0.5, 0.6) is 0 Å². The van der Waals surface area contributed by atoms with E-state index in [1.807, 2.05) is 0 Å². The molecule has 0 radical (unpaired) electrons. The zero-order valence-electron chi connectivity index (χ0n) is 8.28. The molecule has 0 unspecified atom stereocenters. The molecule has 1 heterocycles. The Labute approximate surface area is 110 Å². The molecule has 0 bridgehead atoms. The molecule has 1 aliphatic carbocycles. The SMILES string of the molecule is Cc1ccc2c(c1)Cc1sc(N)nc1-2.I. The Morgan fingerprint density at radius 2 is 2.20 bits per heavy atom. The Balaban J connectivity index is 0.000000853. The van der Waals surface area contributed by atoms with Crippen LogP contribution in [0.3, 0.4) is 0 Å². The largest absolute Gasteiger partial charge is 0.375 e. The molecule has 4 heteroatoms. The minimum absolute atomic E-state index is 0. The van der Waals surface area contributed by atoms with E-state index in [1.165, 1.54) is 21.6 Å². The van der Waals surface area contributed by atoms with Gasteiger partial charge in [-0.25, -0.2) is 4.98 Å². The van der Waals surface area contributed by atoms with E-state index in [9.17, 15) is 0 Å². The summed E-state index contributed by atoms with van der Waals surface area (Å²) >= 11 is 1.61. The minimum Gasteiger partial charge on any atom is -0.375 e. The number of rotatable bonds is 0. The van der Waals surface area contributed by atoms with Gasteiger partial charge in [0.25, 0.3) is 0 Å². The maximum atomic E-state index is 5.68. The average molecular weight is 330 g/mol. The highest BCUT2D eigenvalue weighted by molar-refractivity contribution is 14.0. The van der Waals surface area contributed by atoms with Gasteiger partial charge >= 0.3 is 0 Å². The van der Waals surface area contributed by atoms with Crippen molar-refractivity contribution in [2.24, 2.45) is 0 Å². The third kappa shape index (κ3) is 1.65. The Morgan fingerprint density at radius 1 is 1.40 bits per heavy atom. The lowest BCUT2D eigenvalue weighted by atomic mass is 10.1. The molecule has 0 saturated heterocycles. The first kappa shape index (κ1) is 10.9. The van der Waals surface area contributed by atoms with Crippen molar-refractivity contribution >= 4 is 40.4 Å². The highest BCUT2D eigenvalue weighted by Gasteiger charge is 2.22. The summed E-state index contributed by atoms with van der Waals surface area (Å²) in [4.78, 5) is 5.67. The first-order valence-corrected chi connectivity index (χ1v) is 5.41. The fraction of sp³-hybridized carbons (Fsp3) is 0.182. The van der Waals surface area contributed by atoms with Crippen molar-refractivity contribution in [1.82, 2.24) is 4.98 Å². The summed E-state index contributed by atoms with van der Waals surface area (Å²) < 4.78 is 0. The van der Waals surface area contributed by atoms with Gasteiger partial charge in [-0.1, -0.05) is 23.8 Å². The van der Waals surface area contributed by atoms with Gasteiger partial charge < -0.3 is 5.73 Å². The van der Waals surface area contributed by atoms with Crippen molar-refractivity contribution in [2.75, 3.05) is 5.73 Å². The maximum Gasteiger partial charge on any atom is 0.180 e. The van der Waals surface area contributed by atoms with E-state index in [2.05, 4.69) is 30.1 Å². The smallest absolute Gasteiger partial charge is 0.180 e. The van der Waals surface area contributed by atoms with Crippen LogP contribution in [0.25, 0.3) is 11.3 Å². The van der Waals surface area contributed by atoms with E-state index in [1.54, 1.807) is 11.3 Å². The molecule has 0 spiro atoms. The maximum absolute atomic E-state index is 5.68. The molecule has 0 saturated carbocycles. The highest BCUT2D eigenvalue weighted by atomic mass is 127. The van der Waals surface area contributed by atoms with Gasteiger partial charge in [0.2, 0.25) is 0 Å². The number of aryl methyl sites for hydroxylation is 1. The topological polar surface area (TPSA) is 38.9 Å². The number of hydrogen-bond acceptors (Lipinski definition) is 3. The average Bonchev–Trinajstić information content (AvgIpc) is 2.59. The van der Waals surface area contributed by atoms with Crippen LogP contribution in [0.2, 0.25) is 0 Å². The fourth-order valence-corrected chi connectivity index (χ4v) is 2.84. The van der Waals surface area contributed by atoms with E-state index < -0.39 is 0 Å². The number of aromatic nitrogens is 1. The molecule has 0 aliphatic heterocycles. The van der Waals surface area contributed by atoms with E-state index >= 15 is 0 Å². The van der Waals surface area contributed by atoms with Crippen molar-refractivity contribution in [3.63, 3.8) is 0 Å². The van der Waals surface area contributed by atoms with Crippen LogP contribution in [0.4, 0.5) is 5.13 Å². The summed E-state index contributed by atoms with van der Waals surface area (Å²) in [6, 6.07) is 6.51. The van der Waals surface area contributed by atoms with Crippen LogP contribution >= 0.6 is 35.3 Å². The molecule has 0 fully saturated rings. The van der Waals surface area contributed by atoms with E-state index in [0.29, 0.717) is 5.13 Å². The summed E-state index contributed by atoms with van der Waals surface area (Å²) in [6.07, 6.45) is 1.00. The van der Waals surface area contributed by atoms with Gasteiger partial charge in [-0.3, -0.25) is 0 Å². The van der Waals surface area contributed by atoms with Gasteiger partial charge in [0.15, 0.2) is 5.13 Å². The van der Waals surface area contributed by atoms with Crippen molar-refractivity contribution < 1.29 is 0 Å². The third-order valence-corrected chi connectivity index (χ3v) is 3.47. The molecular formula is C11H11IN2S. The number of anilines is 1. The lowest BCUT2D eigenvalue weighted by Gasteiger charge is -1.99. The number of nitrogens with two attached hydrogens (primary N) is 1. The fourth-order valence-electron chi connectivity index (χ4n) is 1.97. The van der Waals surface area contributed by atoms with Crippen molar-refractivity contribution in [2.45, 2.75) is 13.3 Å². The molecule has 0 atom stereocenters. The van der Waals surface area contributed by atoms with Gasteiger partial charge in [-0.2, -0.15) is 0 Å². The lowest BCUT2D eigenvalue weighted by Crippen LogP contribution is -1.85. The Kier molecular flexibility index (Phi) is 2.72. The van der Waals surface area contributed by atoms with Crippen molar-refractivity contribution in [3.8, 4) is 11.3 Å². The second-order valence-corrected chi connectivity index (χ2v) is 4.78. The normalized spacial score (nSPS) is 11.8. The molecule has 78 valence electrons. The van der Waals surface area contributed by atoms with Crippen LogP contribution in [-0.2, 0) is 6.42 Å². The summed E-state index contributed by atoms with van der Waals surface area (Å²) in [5.74, 6) is 0. The second kappa shape index (κ2) is 3.75. The minimum atomic E-state index is 0. The summed E-state index contributed by atoms with van der Waals surface area (Å²) in [5.41, 5.74) is 10.7. The second-order valence-electron chi connectivity index (χ2n) is 3.66. The van der Waals surface area contributed by atoms with Gasteiger partial charge in [0.05, 0.1) is 5.69 Å². The number of halogens is 1. The molecule has 2 N–H and O–H groups in total. The molecule has 1 aromatic heterocycles. The number of hydrogen-bond donors (Lipinski definition) is 1. The van der Waals surface area contributed by atoms with Gasteiger partial charge in [-0.05, 0) is 12.5 Å². The molecule has 1 aromatic carbocycles. The predicted octanol–water partition coefficient (Wildman–Crippen LogP) is 3.22. The van der Waals surface area contributed by atoms with Gasteiger partial charge in [0, 0.05) is 16.9 Å². The zero-order valence-corrected chi connectivity index (χ0v) is 11.4. The van der Waals surface area contributed by atoms with Crippen LogP contribution < -0.4 is 5.73 Å². The summed E-state index contributed by atoms with van der Waals surface area (Å²) in [6.45, 7) is 2.12. The molecule has 2 nitrogen and oxygen atoms in total. The quantitative estimate of drug-likeness (QED) is 0.643. The van der Waals surface area contributed by atoms with Crippen molar-refractivity contribution in [1.29, 1.82) is 0 Å². The first-order chi connectivity index (χ1) is 6.74. The van der Waals surface area contributed by atoms with E-state index in [-0.39, 0.29) is 24.0 Å². The third-order valence-electron chi connectivity index (χ3n) is 2.58. The van der Waals surface area contributed by atoms with Crippen LogP contribution in [-0.4, -0.2) is 4.98 Å². The molecule has 0 amide bonds. The molecule has 2 aromatic rings. The number of nitrogens with zero attached hydrogens (tertiary/aromatic N) is 1. The number of thiazole rings is 1. The Hall–Kier alpha value is -0.620. The summed E-state index contributed by atoms with van der Waals surface area (Å²) in [5, 5.41) is 0.682. The molecule has 3 rings (SSSR count). The Bertz CT molecular complexity index is 519. The Morgan fingerprint density at radius 3 is 3.00 bits per heavy atom. The number of nitrogen functional groups attached to an aromatic ring is 1. The standard InChI is InChI=1S/C11H10N2S.HI/c1-6-2-3-8-7(4-6)5-9-10(8)13-11(12)14-9;/h2-4H,5H2,1H3,(H2,12,13);1H. The van der Waals surface area contributed by atoms with Gasteiger partial charge in [0.1, 0.15) is 0 Å². The van der Waals surface area contributed by atoms with Gasteiger partial charge in [-0.15, -0.1) is 35.3 Å². The highest BCUT2D eigenvalue weighted by Crippen LogP contribution is 2.40. The van der Waals surface area contributed by atoms with Crippen LogP contribution in [0, 0.1) is 6.92 Å². The van der Waals surface area contributed by atoms with E-state index in [4.69, 9.17) is 5.73 Å².